The zero-order valence-electron chi connectivity index (χ0n) is 20.2. The van der Waals surface area contributed by atoms with E-state index < -0.39 is 0 Å². The molecule has 5 rings (SSSR count). The number of nitrogens with one attached hydrogen (secondary N) is 1. The van der Waals surface area contributed by atoms with Gasteiger partial charge < -0.3 is 19.5 Å². The molecule has 1 aliphatic heterocycles. The second-order valence-electron chi connectivity index (χ2n) is 8.97. The molecule has 0 aliphatic carbocycles. The number of fused-ring (bicyclic) bond motifs is 2. The Morgan fingerprint density at radius 1 is 1.00 bits per heavy atom. The molecule has 6 nitrogen and oxygen atoms in total. The molecule has 1 aliphatic rings. The lowest BCUT2D eigenvalue weighted by atomic mass is 9.93. The van der Waals surface area contributed by atoms with Crippen LogP contribution in [0, 0.1) is 6.92 Å². The third-order valence-corrected chi connectivity index (χ3v) is 6.75. The summed E-state index contributed by atoms with van der Waals surface area (Å²) in [5.74, 6) is -0.333. The molecule has 1 atom stereocenters. The van der Waals surface area contributed by atoms with Gasteiger partial charge in [-0.3, -0.25) is 9.59 Å². The summed E-state index contributed by atoms with van der Waals surface area (Å²) in [7, 11) is 3.65. The van der Waals surface area contributed by atoms with Gasteiger partial charge >= 0.3 is 0 Å². The van der Waals surface area contributed by atoms with Gasteiger partial charge in [0.15, 0.2) is 0 Å². The van der Waals surface area contributed by atoms with E-state index in [1.54, 1.807) is 12.0 Å². The van der Waals surface area contributed by atoms with Crippen molar-refractivity contribution in [3.63, 3.8) is 0 Å². The number of carbonyl (C=O) groups excluding carboxylic acids is 2. The number of aryl methyl sites for hydroxylation is 2. The van der Waals surface area contributed by atoms with Gasteiger partial charge in [-0.15, -0.1) is 0 Å². The lowest BCUT2D eigenvalue weighted by molar-refractivity contribution is -0.122. The van der Waals surface area contributed by atoms with Crippen molar-refractivity contribution < 1.29 is 14.3 Å². The zero-order chi connectivity index (χ0) is 24.5. The molecule has 2 amide bonds. The Labute approximate surface area is 205 Å². The van der Waals surface area contributed by atoms with Crippen LogP contribution in [0.4, 0.5) is 0 Å². The summed E-state index contributed by atoms with van der Waals surface area (Å²) in [4.78, 5) is 28.1. The van der Waals surface area contributed by atoms with Gasteiger partial charge in [-0.25, -0.2) is 0 Å². The lowest BCUT2D eigenvalue weighted by Crippen LogP contribution is -2.40. The molecular weight excluding hydrogens is 438 g/mol. The molecule has 6 heteroatoms. The predicted octanol–water partition coefficient (Wildman–Crippen LogP) is 4.46. The highest BCUT2D eigenvalue weighted by atomic mass is 16.5. The van der Waals surface area contributed by atoms with Crippen molar-refractivity contribution in [2.24, 2.45) is 7.05 Å². The van der Waals surface area contributed by atoms with Crippen LogP contribution in [0.5, 0.6) is 0 Å². The molecule has 0 spiro atoms. The third kappa shape index (κ3) is 4.00. The summed E-state index contributed by atoms with van der Waals surface area (Å²) in [5, 5.41) is 3.94. The molecule has 4 aromatic rings. The van der Waals surface area contributed by atoms with Gasteiger partial charge in [0.25, 0.3) is 5.91 Å². The molecule has 0 radical (unpaired) electrons. The van der Waals surface area contributed by atoms with Crippen LogP contribution >= 0.6 is 0 Å². The van der Waals surface area contributed by atoms with E-state index in [1.165, 1.54) is 5.56 Å². The molecule has 1 N–H and O–H groups in total. The van der Waals surface area contributed by atoms with Crippen LogP contribution < -0.4 is 5.32 Å². The molecule has 0 fully saturated rings. The number of rotatable bonds is 7. The highest BCUT2D eigenvalue weighted by Gasteiger charge is 2.41. The van der Waals surface area contributed by atoms with Gasteiger partial charge in [-0.2, -0.15) is 0 Å². The van der Waals surface area contributed by atoms with E-state index >= 15 is 0 Å². The van der Waals surface area contributed by atoms with Crippen LogP contribution in [-0.4, -0.2) is 48.1 Å². The smallest absolute Gasteiger partial charge is 0.255 e. The Morgan fingerprint density at radius 2 is 1.71 bits per heavy atom. The highest BCUT2D eigenvalue weighted by Crippen LogP contribution is 2.46. The van der Waals surface area contributed by atoms with Crippen LogP contribution in [0.1, 0.15) is 33.1 Å². The van der Waals surface area contributed by atoms with Crippen LogP contribution in [0.25, 0.3) is 22.2 Å². The van der Waals surface area contributed by atoms with Crippen molar-refractivity contribution in [3.05, 3.63) is 95.1 Å². The number of amides is 2. The average Bonchev–Trinajstić information content (AvgIpc) is 3.31. The van der Waals surface area contributed by atoms with Crippen molar-refractivity contribution in [3.8, 4) is 11.3 Å². The second kappa shape index (κ2) is 9.39. The fourth-order valence-electron chi connectivity index (χ4n) is 5.11. The Kier molecular flexibility index (Phi) is 6.14. The summed E-state index contributed by atoms with van der Waals surface area (Å²) in [6.45, 7) is 2.86. The van der Waals surface area contributed by atoms with E-state index in [4.69, 9.17) is 4.74 Å². The average molecular weight is 468 g/mol. The summed E-state index contributed by atoms with van der Waals surface area (Å²) in [6, 6.07) is 24.0. The SMILES string of the molecule is COCCNC(=O)CN1C(=O)c2ccccc2[C@H]1c1c(-c2ccc(C)cc2)n(C)c2ccccc12. The molecule has 2 heterocycles. The minimum absolute atomic E-state index is 0.0293. The molecule has 3 aromatic carbocycles. The summed E-state index contributed by atoms with van der Waals surface area (Å²) >= 11 is 0. The van der Waals surface area contributed by atoms with Gasteiger partial charge in [-0.1, -0.05) is 66.2 Å². The maximum atomic E-state index is 13.6. The summed E-state index contributed by atoms with van der Waals surface area (Å²) < 4.78 is 7.24. The lowest BCUT2D eigenvalue weighted by Gasteiger charge is -2.26. The fourth-order valence-corrected chi connectivity index (χ4v) is 5.11. The molecule has 0 unspecified atom stereocenters. The van der Waals surface area contributed by atoms with Crippen LogP contribution in [0.2, 0.25) is 0 Å². The van der Waals surface area contributed by atoms with Crippen molar-refractivity contribution >= 4 is 22.7 Å². The van der Waals surface area contributed by atoms with Crippen LogP contribution in [-0.2, 0) is 16.6 Å². The number of ether oxygens (including phenoxy) is 1. The van der Waals surface area contributed by atoms with Gasteiger partial charge in [0.1, 0.15) is 6.54 Å². The van der Waals surface area contributed by atoms with E-state index in [9.17, 15) is 9.59 Å². The molecule has 0 saturated carbocycles. The third-order valence-electron chi connectivity index (χ3n) is 6.75. The summed E-state index contributed by atoms with van der Waals surface area (Å²) in [6.07, 6.45) is 0. The number of carbonyl (C=O) groups is 2. The van der Waals surface area contributed by atoms with E-state index in [-0.39, 0.29) is 24.4 Å². The Balaban J connectivity index is 1.70. The number of nitrogens with zero attached hydrogens (tertiary/aromatic N) is 2. The molecular formula is C29H29N3O3. The van der Waals surface area contributed by atoms with Gasteiger partial charge in [0, 0.05) is 42.7 Å². The second-order valence-corrected chi connectivity index (χ2v) is 8.97. The van der Waals surface area contributed by atoms with Gasteiger partial charge in [0.05, 0.1) is 18.3 Å². The first-order valence-corrected chi connectivity index (χ1v) is 11.8. The highest BCUT2D eigenvalue weighted by molar-refractivity contribution is 6.03. The van der Waals surface area contributed by atoms with Crippen molar-refractivity contribution in [1.29, 1.82) is 0 Å². The van der Waals surface area contributed by atoms with Crippen molar-refractivity contribution in [2.45, 2.75) is 13.0 Å². The van der Waals surface area contributed by atoms with Crippen molar-refractivity contribution in [2.75, 3.05) is 26.8 Å². The van der Waals surface area contributed by atoms with E-state index in [0.29, 0.717) is 18.7 Å². The van der Waals surface area contributed by atoms with Crippen LogP contribution in [0.3, 0.4) is 0 Å². The number of benzene rings is 3. The number of hydrogen-bond donors (Lipinski definition) is 1. The Hall–Kier alpha value is -3.90. The van der Waals surface area contributed by atoms with Gasteiger partial charge in [0.2, 0.25) is 5.91 Å². The normalized spacial score (nSPS) is 15.0. The molecule has 178 valence electrons. The van der Waals surface area contributed by atoms with Crippen LogP contribution in [0.15, 0.2) is 72.8 Å². The van der Waals surface area contributed by atoms with E-state index in [2.05, 4.69) is 60.3 Å². The largest absolute Gasteiger partial charge is 0.383 e. The molecule has 35 heavy (non-hydrogen) atoms. The zero-order valence-corrected chi connectivity index (χ0v) is 20.2. The predicted molar refractivity (Wildman–Crippen MR) is 137 cm³/mol. The van der Waals surface area contributed by atoms with Gasteiger partial charge in [-0.05, 0) is 30.2 Å². The number of methoxy groups -OCH3 is 1. The monoisotopic (exact) mass is 467 g/mol. The topological polar surface area (TPSA) is 63.6 Å². The fraction of sp³-hybridized carbons (Fsp3) is 0.241. The van der Waals surface area contributed by atoms with E-state index in [1.807, 2.05) is 36.4 Å². The Morgan fingerprint density at radius 3 is 2.49 bits per heavy atom. The minimum Gasteiger partial charge on any atom is -0.383 e. The molecule has 1 aromatic heterocycles. The quantitative estimate of drug-likeness (QED) is 0.408. The first-order valence-electron chi connectivity index (χ1n) is 11.8. The first kappa shape index (κ1) is 22.9. The minimum atomic E-state index is -0.380. The number of hydrogen-bond acceptors (Lipinski definition) is 3. The maximum Gasteiger partial charge on any atom is 0.255 e. The number of aromatic nitrogens is 1. The molecule has 0 saturated heterocycles. The number of para-hydroxylation sites is 1. The standard InChI is InChI=1S/C29H29N3O3/c1-19-12-14-20(15-13-19)27-26(23-10-6-7-11-24(23)31(27)2)28-21-8-4-5-9-22(21)29(34)32(28)18-25(33)30-16-17-35-3/h4-15,28H,16-18H2,1-3H3,(H,30,33)/t28-/m0/s1. The van der Waals surface area contributed by atoms with Crippen molar-refractivity contribution in [1.82, 2.24) is 14.8 Å². The maximum absolute atomic E-state index is 13.6. The Bertz CT molecular complexity index is 1400. The van der Waals surface area contributed by atoms with E-state index in [0.717, 1.165) is 33.3 Å². The molecule has 0 bridgehead atoms. The summed E-state index contributed by atoms with van der Waals surface area (Å²) in [5.41, 5.74) is 6.99. The first-order chi connectivity index (χ1) is 17.0.